The molecule has 2 aromatic rings. The van der Waals surface area contributed by atoms with Gasteiger partial charge >= 0.3 is 10.1 Å². The maximum atomic E-state index is 13.1. The van der Waals surface area contributed by atoms with E-state index in [2.05, 4.69) is 4.90 Å². The van der Waals surface area contributed by atoms with E-state index in [4.69, 9.17) is 27.4 Å². The van der Waals surface area contributed by atoms with Crippen molar-refractivity contribution in [3.8, 4) is 5.75 Å². The average Bonchev–Trinajstić information content (AvgIpc) is 3.60. The van der Waals surface area contributed by atoms with Crippen LogP contribution in [-0.4, -0.2) is 38.4 Å². The largest absolute Gasteiger partial charge is 0.379 e. The zero-order chi connectivity index (χ0) is 25.0. The van der Waals surface area contributed by atoms with Crippen molar-refractivity contribution in [1.82, 2.24) is 4.90 Å². The number of carbonyl (C=O) groups is 1. The molecule has 0 saturated heterocycles. The highest BCUT2D eigenvalue weighted by Gasteiger charge is 2.33. The molecule has 34 heavy (non-hydrogen) atoms. The van der Waals surface area contributed by atoms with Crippen molar-refractivity contribution >= 4 is 44.9 Å². The minimum atomic E-state index is -4.18. The molecule has 1 aliphatic carbocycles. The molecule has 0 unspecified atom stereocenters. The molecule has 0 spiro atoms. The Morgan fingerprint density at radius 2 is 1.74 bits per heavy atom. The maximum Gasteiger partial charge on any atom is 0.339 e. The fraction of sp³-hybridized carbons (Fsp3) is 0.480. The van der Waals surface area contributed by atoms with E-state index in [1.165, 1.54) is 18.2 Å². The van der Waals surface area contributed by atoms with Crippen LogP contribution in [0.15, 0.2) is 41.3 Å². The van der Waals surface area contributed by atoms with Crippen molar-refractivity contribution in [1.29, 1.82) is 0 Å². The number of carbonyl (C=O) groups excluding carboxylic acids is 1. The third kappa shape index (κ3) is 6.58. The Kier molecular flexibility index (Phi) is 8.77. The molecule has 6 nitrogen and oxygen atoms in total. The first-order valence-corrected chi connectivity index (χ1v) is 13.8. The van der Waals surface area contributed by atoms with Crippen LogP contribution in [0.3, 0.4) is 0 Å². The van der Waals surface area contributed by atoms with Crippen LogP contribution in [0.2, 0.25) is 10.0 Å². The first-order valence-electron chi connectivity index (χ1n) is 11.6. The molecule has 2 aromatic carbocycles. The summed E-state index contributed by atoms with van der Waals surface area (Å²) in [5.74, 6) is 0.520. The first-order chi connectivity index (χ1) is 16.1. The Hall–Kier alpha value is -1.96. The van der Waals surface area contributed by atoms with E-state index in [-0.39, 0.29) is 38.6 Å². The van der Waals surface area contributed by atoms with Gasteiger partial charge in [-0.15, -0.1) is 0 Å². The number of nitrogens with zero attached hydrogens (tertiary/aromatic N) is 2. The Morgan fingerprint density at radius 3 is 2.29 bits per heavy atom. The summed E-state index contributed by atoms with van der Waals surface area (Å²) in [7, 11) is -4.18. The van der Waals surface area contributed by atoms with E-state index in [9.17, 15) is 13.2 Å². The van der Waals surface area contributed by atoms with Crippen molar-refractivity contribution in [2.75, 3.05) is 18.0 Å². The molecule has 0 aliphatic heterocycles. The van der Waals surface area contributed by atoms with Gasteiger partial charge in [-0.05, 0) is 56.9 Å². The molecule has 9 heteroatoms. The molecule has 0 heterocycles. The second-order valence-corrected chi connectivity index (χ2v) is 11.3. The molecule has 0 aromatic heterocycles. The van der Waals surface area contributed by atoms with Crippen LogP contribution < -0.4 is 9.08 Å². The van der Waals surface area contributed by atoms with E-state index in [0.717, 1.165) is 31.6 Å². The molecule has 1 saturated carbocycles. The summed E-state index contributed by atoms with van der Waals surface area (Å²) in [6, 6.07) is 9.77. The fourth-order valence-corrected chi connectivity index (χ4v) is 5.14. The van der Waals surface area contributed by atoms with Gasteiger partial charge in [0.05, 0.1) is 10.0 Å². The topological polar surface area (TPSA) is 66.9 Å². The number of anilines is 1. The van der Waals surface area contributed by atoms with Gasteiger partial charge in [-0.2, -0.15) is 8.42 Å². The molecule has 3 rings (SSSR count). The molecule has 1 fully saturated rings. The summed E-state index contributed by atoms with van der Waals surface area (Å²) in [5.41, 5.74) is 1.49. The summed E-state index contributed by atoms with van der Waals surface area (Å²) in [6.45, 7) is 9.90. The van der Waals surface area contributed by atoms with Gasteiger partial charge in [-0.3, -0.25) is 4.79 Å². The molecular formula is C25H32Cl2N2O4S. The van der Waals surface area contributed by atoms with Crippen molar-refractivity contribution in [3.05, 3.63) is 52.0 Å². The van der Waals surface area contributed by atoms with Gasteiger partial charge in [0.25, 0.3) is 0 Å². The molecular weight excluding hydrogens is 495 g/mol. The highest BCUT2D eigenvalue weighted by Crippen LogP contribution is 2.35. The lowest BCUT2D eigenvalue weighted by atomic mass is 10.1. The first kappa shape index (κ1) is 26.6. The van der Waals surface area contributed by atoms with Gasteiger partial charge in [0, 0.05) is 49.4 Å². The zero-order valence-electron chi connectivity index (χ0n) is 20.1. The second-order valence-electron chi connectivity index (χ2n) is 8.93. The third-order valence-electron chi connectivity index (χ3n) is 5.79. The number of amides is 1. The van der Waals surface area contributed by atoms with E-state index < -0.39 is 10.1 Å². The van der Waals surface area contributed by atoms with Crippen LogP contribution in [0.5, 0.6) is 5.75 Å². The zero-order valence-corrected chi connectivity index (χ0v) is 22.4. The van der Waals surface area contributed by atoms with E-state index >= 15 is 0 Å². The minimum Gasteiger partial charge on any atom is -0.379 e. The van der Waals surface area contributed by atoms with Gasteiger partial charge < -0.3 is 14.0 Å². The quantitative estimate of drug-likeness (QED) is 0.328. The van der Waals surface area contributed by atoms with Crippen LogP contribution >= 0.6 is 23.2 Å². The summed E-state index contributed by atoms with van der Waals surface area (Å²) in [4.78, 5) is 16.8. The number of halogens is 2. The van der Waals surface area contributed by atoms with Gasteiger partial charge in [0.15, 0.2) is 0 Å². The molecule has 1 aliphatic rings. The Labute approximate surface area is 212 Å². The Bertz CT molecular complexity index is 1130. The smallest absolute Gasteiger partial charge is 0.339 e. The van der Waals surface area contributed by atoms with Crippen LogP contribution in [0.25, 0.3) is 0 Å². The number of hydrogen-bond acceptors (Lipinski definition) is 5. The molecule has 1 amide bonds. The standard InChI is InChI=1S/C25H32Cl2N2O4S/c1-5-28(6-2)20-8-7-18(16-29(19-9-10-19)25(30)13-17(3)4)24(14-20)33-34(31,32)21-11-12-22(26)23(27)15-21/h7-8,11-12,14-15,17,19H,5-6,9-10,13,16H2,1-4H3. The fourth-order valence-electron chi connectivity index (χ4n) is 3.79. The minimum absolute atomic E-state index is 0.0728. The highest BCUT2D eigenvalue weighted by molar-refractivity contribution is 7.87. The third-order valence-corrected chi connectivity index (χ3v) is 7.76. The number of rotatable bonds is 11. The molecule has 0 atom stereocenters. The lowest BCUT2D eigenvalue weighted by Gasteiger charge is -2.26. The number of hydrogen-bond donors (Lipinski definition) is 0. The monoisotopic (exact) mass is 526 g/mol. The lowest BCUT2D eigenvalue weighted by molar-refractivity contribution is -0.133. The summed E-state index contributed by atoms with van der Waals surface area (Å²) in [5, 5.41) is 0.385. The Balaban J connectivity index is 1.99. The summed E-state index contributed by atoms with van der Waals surface area (Å²) < 4.78 is 31.9. The van der Waals surface area contributed by atoms with Crippen molar-refractivity contribution in [2.24, 2.45) is 5.92 Å². The molecule has 186 valence electrons. The molecule has 0 bridgehead atoms. The van der Waals surface area contributed by atoms with E-state index in [1.54, 1.807) is 6.07 Å². The van der Waals surface area contributed by atoms with Crippen molar-refractivity contribution in [3.63, 3.8) is 0 Å². The van der Waals surface area contributed by atoms with Crippen molar-refractivity contribution < 1.29 is 17.4 Å². The van der Waals surface area contributed by atoms with E-state index in [0.29, 0.717) is 18.5 Å². The van der Waals surface area contributed by atoms with Gasteiger partial charge in [-0.1, -0.05) is 43.1 Å². The normalized spacial score (nSPS) is 13.7. The lowest BCUT2D eigenvalue weighted by Crippen LogP contribution is -2.33. The SMILES string of the molecule is CCN(CC)c1ccc(CN(C(=O)CC(C)C)C2CC2)c(OS(=O)(=O)c2ccc(Cl)c(Cl)c2)c1. The van der Waals surface area contributed by atoms with E-state index in [1.807, 2.05) is 44.7 Å². The maximum absolute atomic E-state index is 13.1. The van der Waals surface area contributed by atoms with Crippen LogP contribution in [-0.2, 0) is 21.5 Å². The van der Waals surface area contributed by atoms with Crippen LogP contribution in [0.4, 0.5) is 5.69 Å². The van der Waals surface area contributed by atoms with Crippen LogP contribution in [0.1, 0.15) is 52.5 Å². The predicted molar refractivity (Wildman–Crippen MR) is 137 cm³/mol. The van der Waals surface area contributed by atoms with Gasteiger partial charge in [-0.25, -0.2) is 0 Å². The molecule has 0 N–H and O–H groups in total. The van der Waals surface area contributed by atoms with Gasteiger partial charge in [0.2, 0.25) is 5.91 Å². The summed E-state index contributed by atoms with van der Waals surface area (Å²) in [6.07, 6.45) is 2.37. The van der Waals surface area contributed by atoms with Crippen LogP contribution in [0, 0.1) is 5.92 Å². The second kappa shape index (κ2) is 11.2. The Morgan fingerprint density at radius 1 is 1.06 bits per heavy atom. The predicted octanol–water partition coefficient (Wildman–Crippen LogP) is 6.14. The summed E-state index contributed by atoms with van der Waals surface area (Å²) >= 11 is 12.0. The molecule has 0 radical (unpaired) electrons. The average molecular weight is 528 g/mol. The van der Waals surface area contributed by atoms with Crippen molar-refractivity contribution in [2.45, 2.75) is 64.4 Å². The highest BCUT2D eigenvalue weighted by atomic mass is 35.5. The number of benzene rings is 2. The van der Waals surface area contributed by atoms with Gasteiger partial charge in [0.1, 0.15) is 10.6 Å².